The summed E-state index contributed by atoms with van der Waals surface area (Å²) in [4.78, 5) is 37.3. The topological polar surface area (TPSA) is 90.9 Å². The molecule has 170 valence electrons. The first-order chi connectivity index (χ1) is 15.3. The molecule has 0 spiro atoms. The Morgan fingerprint density at radius 1 is 1.25 bits per heavy atom. The number of benzene rings is 1. The molecule has 1 N–H and O–H groups in total. The van der Waals surface area contributed by atoms with E-state index in [4.69, 9.17) is 25.8 Å². The number of fused-ring (bicyclic) bond motifs is 3. The average molecular weight is 480 g/mol. The molecule has 0 aliphatic heterocycles. The molecule has 1 aliphatic carbocycles. The number of nitrogens with one attached hydrogen (secondary N) is 1. The van der Waals surface area contributed by atoms with Crippen LogP contribution in [0.1, 0.15) is 30.5 Å². The van der Waals surface area contributed by atoms with Crippen LogP contribution in [-0.2, 0) is 16.0 Å². The van der Waals surface area contributed by atoms with Gasteiger partial charge < -0.3 is 19.5 Å². The summed E-state index contributed by atoms with van der Waals surface area (Å²) in [7, 11) is 2.94. The lowest BCUT2D eigenvalue weighted by Gasteiger charge is -2.20. The second kappa shape index (κ2) is 10.3. The molecule has 0 saturated heterocycles. The number of thioether (sulfide) groups is 1. The second-order valence-corrected chi connectivity index (χ2v) is 8.27. The molecule has 1 amide bonds. The summed E-state index contributed by atoms with van der Waals surface area (Å²) < 4.78 is 16.6. The number of ether oxygens (including phenoxy) is 3. The highest BCUT2D eigenvalue weighted by atomic mass is 35.5. The van der Waals surface area contributed by atoms with Gasteiger partial charge in [-0.15, -0.1) is 23.4 Å². The number of hydrogen-bond donors (Lipinski definition) is 1. The third-order valence-electron chi connectivity index (χ3n) is 5.22. The molecule has 0 heterocycles. The van der Waals surface area contributed by atoms with Gasteiger partial charge in [-0.05, 0) is 54.0 Å². The summed E-state index contributed by atoms with van der Waals surface area (Å²) in [5, 5.41) is 2.95. The van der Waals surface area contributed by atoms with Crippen LogP contribution in [0.3, 0.4) is 0 Å². The average Bonchev–Trinajstić information content (AvgIpc) is 3.01. The minimum atomic E-state index is -0.654. The van der Waals surface area contributed by atoms with E-state index < -0.39 is 5.97 Å². The van der Waals surface area contributed by atoms with Gasteiger partial charge in [0.15, 0.2) is 16.9 Å². The number of carbonyl (C=O) groups excluding carboxylic acids is 2. The molecule has 0 unspecified atom stereocenters. The highest BCUT2D eigenvalue weighted by Gasteiger charge is 2.30. The summed E-state index contributed by atoms with van der Waals surface area (Å²) in [5.41, 5.74) is 2.79. The number of rotatable bonds is 6. The van der Waals surface area contributed by atoms with Crippen LogP contribution < -0.4 is 25.0 Å². The summed E-state index contributed by atoms with van der Waals surface area (Å²) in [5.74, 6) is -0.450. The number of halogens is 1. The van der Waals surface area contributed by atoms with Crippen LogP contribution in [0.25, 0.3) is 11.1 Å². The molecular formula is C23H24ClNO6S. The van der Waals surface area contributed by atoms with E-state index in [1.54, 1.807) is 18.2 Å². The number of aryl methyl sites for hydroxylation is 1. The molecule has 0 bridgehead atoms. The maximum atomic E-state index is 12.8. The number of amides is 1. The highest BCUT2D eigenvalue weighted by Crippen LogP contribution is 2.50. The summed E-state index contributed by atoms with van der Waals surface area (Å²) >= 11 is 6.99. The SMILES string of the molecule is COc1cc2c(c(OC)c1O[14C](=O)CCl)-c1ccc(SC)c(=O)cc1[C@@H](NC(C)=O)CC2. The Labute approximate surface area is 195 Å². The van der Waals surface area contributed by atoms with Gasteiger partial charge in [-0.2, -0.15) is 0 Å². The van der Waals surface area contributed by atoms with E-state index in [1.165, 1.54) is 32.9 Å². The maximum absolute atomic E-state index is 12.8. The van der Waals surface area contributed by atoms with Crippen molar-refractivity contribution in [2.24, 2.45) is 0 Å². The molecule has 1 aliphatic rings. The summed E-state index contributed by atoms with van der Waals surface area (Å²) in [6.45, 7) is 1.44. The Hall–Kier alpha value is -2.71. The molecule has 1 atom stereocenters. The molecule has 2 aromatic carbocycles. The van der Waals surface area contributed by atoms with Crippen molar-refractivity contribution in [3.05, 3.63) is 45.6 Å². The fourth-order valence-corrected chi connectivity index (χ4v) is 4.43. The zero-order chi connectivity index (χ0) is 23.4. The monoisotopic (exact) mass is 479 g/mol. The molecule has 0 saturated carbocycles. The van der Waals surface area contributed by atoms with Crippen molar-refractivity contribution in [1.82, 2.24) is 5.32 Å². The summed E-state index contributed by atoms with van der Waals surface area (Å²) in [6, 6.07) is 6.55. The van der Waals surface area contributed by atoms with Crippen molar-refractivity contribution in [2.45, 2.75) is 30.7 Å². The molecular weight excluding hydrogens is 456 g/mol. The van der Waals surface area contributed by atoms with Crippen molar-refractivity contribution in [3.8, 4) is 28.4 Å². The van der Waals surface area contributed by atoms with Gasteiger partial charge in [-0.1, -0.05) is 6.07 Å². The first-order valence-electron chi connectivity index (χ1n) is 9.88. The van der Waals surface area contributed by atoms with Crippen LogP contribution in [0, 0.1) is 0 Å². The van der Waals surface area contributed by atoms with Gasteiger partial charge >= 0.3 is 5.97 Å². The first-order valence-corrected chi connectivity index (χ1v) is 11.6. The predicted octanol–water partition coefficient (Wildman–Crippen LogP) is 3.72. The van der Waals surface area contributed by atoms with Gasteiger partial charge in [0.1, 0.15) is 5.88 Å². The number of esters is 1. The zero-order valence-electron chi connectivity index (χ0n) is 18.2. The Kier molecular flexibility index (Phi) is 7.69. The molecule has 3 rings (SSSR count). The van der Waals surface area contributed by atoms with E-state index in [2.05, 4.69) is 5.32 Å². The van der Waals surface area contributed by atoms with Crippen LogP contribution in [0.4, 0.5) is 0 Å². The normalized spacial score (nSPS) is 14.5. The Bertz CT molecular complexity index is 1120. The second-order valence-electron chi connectivity index (χ2n) is 7.15. The maximum Gasteiger partial charge on any atom is 0.326 e. The van der Waals surface area contributed by atoms with Gasteiger partial charge in [-0.25, -0.2) is 0 Å². The zero-order valence-corrected chi connectivity index (χ0v) is 19.8. The number of methoxy groups -OCH3 is 2. The lowest BCUT2D eigenvalue weighted by Crippen LogP contribution is -2.26. The van der Waals surface area contributed by atoms with Crippen LogP contribution in [0.2, 0.25) is 0 Å². The third kappa shape index (κ3) is 4.71. The number of hydrogen-bond acceptors (Lipinski definition) is 7. The van der Waals surface area contributed by atoms with Gasteiger partial charge in [0.05, 0.1) is 25.2 Å². The molecule has 32 heavy (non-hydrogen) atoms. The van der Waals surface area contributed by atoms with E-state index in [9.17, 15) is 14.4 Å². The molecule has 7 nitrogen and oxygen atoms in total. The number of carbonyl (C=O) groups is 2. The van der Waals surface area contributed by atoms with E-state index in [0.717, 1.165) is 5.56 Å². The minimum absolute atomic E-state index is 0.113. The Morgan fingerprint density at radius 3 is 2.59 bits per heavy atom. The van der Waals surface area contributed by atoms with Crippen LogP contribution in [0.5, 0.6) is 17.2 Å². The first kappa shape index (κ1) is 23.9. The molecule has 9 heteroatoms. The van der Waals surface area contributed by atoms with Crippen LogP contribution in [-0.4, -0.2) is 38.2 Å². The smallest absolute Gasteiger partial charge is 0.326 e. The van der Waals surface area contributed by atoms with Crippen molar-refractivity contribution < 1.29 is 23.8 Å². The van der Waals surface area contributed by atoms with Crippen molar-refractivity contribution in [1.29, 1.82) is 0 Å². The molecule has 2 aromatic rings. The predicted molar refractivity (Wildman–Crippen MR) is 124 cm³/mol. The van der Waals surface area contributed by atoms with Crippen molar-refractivity contribution in [2.75, 3.05) is 26.4 Å². The lowest BCUT2D eigenvalue weighted by molar-refractivity contribution is -0.131. The summed E-state index contributed by atoms with van der Waals surface area (Å²) in [6.07, 6.45) is 2.96. The fraction of sp³-hybridized carbons (Fsp3) is 0.348. The largest absolute Gasteiger partial charge is 0.493 e. The van der Waals surface area contributed by atoms with Crippen LogP contribution >= 0.6 is 23.4 Å². The molecule has 0 aromatic heterocycles. The van der Waals surface area contributed by atoms with Gasteiger partial charge in [-0.3, -0.25) is 14.4 Å². The minimum Gasteiger partial charge on any atom is -0.493 e. The Balaban J connectivity index is 2.40. The van der Waals surface area contributed by atoms with E-state index in [-0.39, 0.29) is 29.0 Å². The van der Waals surface area contributed by atoms with Gasteiger partial charge in [0.2, 0.25) is 11.7 Å². The quantitative estimate of drug-likeness (QED) is 0.292. The van der Waals surface area contributed by atoms with Crippen molar-refractivity contribution in [3.63, 3.8) is 0 Å². The third-order valence-corrected chi connectivity index (χ3v) is 6.21. The standard InChI is InChI=1S/C23H24ClNO6S/c1-12(26)25-16-7-5-13-9-18(29-2)22(31-20(28)11-24)23(30-3)21(13)14-6-8-19(32-4)17(27)10-15(14)16/h6,8-10,16H,5,7,11H2,1-4H3,(H,25,26)/t16-/m0/s1/i20+2. The highest BCUT2D eigenvalue weighted by molar-refractivity contribution is 7.98. The fourth-order valence-electron chi connectivity index (χ4n) is 3.91. The lowest BCUT2D eigenvalue weighted by atomic mass is 9.95. The Morgan fingerprint density at radius 2 is 2.00 bits per heavy atom. The molecule has 0 radical (unpaired) electrons. The van der Waals surface area contributed by atoms with E-state index in [1.807, 2.05) is 12.3 Å². The van der Waals surface area contributed by atoms with Gasteiger partial charge in [0, 0.05) is 12.5 Å². The van der Waals surface area contributed by atoms with Gasteiger partial charge in [0.25, 0.3) is 0 Å². The van der Waals surface area contributed by atoms with Crippen LogP contribution in [0.15, 0.2) is 34.0 Å². The molecule has 0 fully saturated rings. The van der Waals surface area contributed by atoms with Crippen molar-refractivity contribution >= 4 is 35.2 Å². The van der Waals surface area contributed by atoms with E-state index >= 15 is 0 Å². The van der Waals surface area contributed by atoms with E-state index in [0.29, 0.717) is 45.9 Å². The number of alkyl halides is 1.